The second kappa shape index (κ2) is 8.27. The SMILES string of the molecule is O=C(NCCC1CCNC1)c1cccc(S(=O)(=O)N2CCOCC2)c1. The number of carbonyl (C=O) groups excluding carboxylic acids is 1. The molecule has 25 heavy (non-hydrogen) atoms. The molecule has 2 N–H and O–H groups in total. The van der Waals surface area contributed by atoms with Crippen molar-refractivity contribution >= 4 is 15.9 Å². The first-order valence-electron chi connectivity index (χ1n) is 8.74. The van der Waals surface area contributed by atoms with Crippen molar-refractivity contribution in [2.75, 3.05) is 45.9 Å². The van der Waals surface area contributed by atoms with Crippen molar-refractivity contribution in [2.24, 2.45) is 5.92 Å². The molecule has 1 aromatic carbocycles. The van der Waals surface area contributed by atoms with Crippen molar-refractivity contribution in [1.29, 1.82) is 0 Å². The molecule has 0 saturated carbocycles. The van der Waals surface area contributed by atoms with Gasteiger partial charge in [0.2, 0.25) is 10.0 Å². The summed E-state index contributed by atoms with van der Waals surface area (Å²) >= 11 is 0. The van der Waals surface area contributed by atoms with Gasteiger partial charge in [-0.3, -0.25) is 4.79 Å². The molecule has 0 aliphatic carbocycles. The smallest absolute Gasteiger partial charge is 0.251 e. The van der Waals surface area contributed by atoms with Crippen LogP contribution in [0.5, 0.6) is 0 Å². The van der Waals surface area contributed by atoms with Gasteiger partial charge < -0.3 is 15.4 Å². The molecule has 2 saturated heterocycles. The maximum absolute atomic E-state index is 12.7. The molecule has 138 valence electrons. The average molecular weight is 367 g/mol. The Morgan fingerprint density at radius 3 is 2.84 bits per heavy atom. The van der Waals surface area contributed by atoms with E-state index in [1.54, 1.807) is 12.1 Å². The Kier molecular flexibility index (Phi) is 6.06. The molecule has 7 nitrogen and oxygen atoms in total. The van der Waals surface area contributed by atoms with Gasteiger partial charge >= 0.3 is 0 Å². The zero-order valence-corrected chi connectivity index (χ0v) is 15.1. The third-order valence-electron chi connectivity index (χ3n) is 4.70. The van der Waals surface area contributed by atoms with Crippen molar-refractivity contribution in [1.82, 2.24) is 14.9 Å². The number of rotatable bonds is 6. The molecule has 2 fully saturated rings. The van der Waals surface area contributed by atoms with E-state index in [9.17, 15) is 13.2 Å². The number of morpholine rings is 1. The maximum Gasteiger partial charge on any atom is 0.251 e. The highest BCUT2D eigenvalue weighted by molar-refractivity contribution is 7.89. The minimum Gasteiger partial charge on any atom is -0.379 e. The zero-order valence-electron chi connectivity index (χ0n) is 14.2. The van der Waals surface area contributed by atoms with Crippen LogP contribution in [-0.4, -0.2) is 64.6 Å². The number of sulfonamides is 1. The molecule has 0 bridgehead atoms. The second-order valence-electron chi connectivity index (χ2n) is 6.45. The minimum atomic E-state index is -3.59. The Morgan fingerprint density at radius 1 is 1.32 bits per heavy atom. The van der Waals surface area contributed by atoms with Gasteiger partial charge in [-0.05, 0) is 50.0 Å². The van der Waals surface area contributed by atoms with Gasteiger partial charge in [-0.1, -0.05) is 6.07 Å². The zero-order chi connectivity index (χ0) is 17.7. The van der Waals surface area contributed by atoms with Crippen LogP contribution in [0.2, 0.25) is 0 Å². The van der Waals surface area contributed by atoms with Gasteiger partial charge in [0.15, 0.2) is 0 Å². The van der Waals surface area contributed by atoms with Crippen molar-refractivity contribution < 1.29 is 17.9 Å². The van der Waals surface area contributed by atoms with Crippen LogP contribution >= 0.6 is 0 Å². The third-order valence-corrected chi connectivity index (χ3v) is 6.60. The summed E-state index contributed by atoms with van der Waals surface area (Å²) in [5, 5.41) is 6.19. The summed E-state index contributed by atoms with van der Waals surface area (Å²) in [5.74, 6) is 0.373. The fourth-order valence-electron chi connectivity index (χ4n) is 3.19. The van der Waals surface area contributed by atoms with Gasteiger partial charge in [-0.25, -0.2) is 8.42 Å². The van der Waals surface area contributed by atoms with Crippen molar-refractivity contribution in [3.8, 4) is 0 Å². The van der Waals surface area contributed by atoms with Crippen LogP contribution in [0.15, 0.2) is 29.2 Å². The first-order valence-corrected chi connectivity index (χ1v) is 10.2. The van der Waals surface area contributed by atoms with Gasteiger partial charge in [0, 0.05) is 25.2 Å². The maximum atomic E-state index is 12.7. The molecule has 1 aromatic rings. The predicted molar refractivity (Wildman–Crippen MR) is 93.9 cm³/mol. The molecule has 8 heteroatoms. The van der Waals surface area contributed by atoms with Crippen LogP contribution in [0.25, 0.3) is 0 Å². The van der Waals surface area contributed by atoms with Crippen LogP contribution in [0.1, 0.15) is 23.2 Å². The highest BCUT2D eigenvalue weighted by atomic mass is 32.2. The number of benzene rings is 1. The molecule has 0 spiro atoms. The summed E-state index contributed by atoms with van der Waals surface area (Å²) < 4.78 is 32.0. The van der Waals surface area contributed by atoms with E-state index in [-0.39, 0.29) is 10.8 Å². The number of hydrogen-bond acceptors (Lipinski definition) is 5. The fourth-order valence-corrected chi connectivity index (χ4v) is 4.64. The largest absolute Gasteiger partial charge is 0.379 e. The van der Waals surface area contributed by atoms with E-state index >= 15 is 0 Å². The molecule has 2 aliphatic rings. The third kappa shape index (κ3) is 4.58. The lowest BCUT2D eigenvalue weighted by atomic mass is 10.1. The van der Waals surface area contributed by atoms with Gasteiger partial charge in [-0.15, -0.1) is 0 Å². The van der Waals surface area contributed by atoms with Crippen molar-refractivity contribution in [3.63, 3.8) is 0 Å². The van der Waals surface area contributed by atoms with E-state index in [2.05, 4.69) is 10.6 Å². The monoisotopic (exact) mass is 367 g/mol. The topological polar surface area (TPSA) is 87.7 Å². The highest BCUT2D eigenvalue weighted by Crippen LogP contribution is 2.18. The number of nitrogens with one attached hydrogen (secondary N) is 2. The summed E-state index contributed by atoms with van der Waals surface area (Å²) in [7, 11) is -3.59. The van der Waals surface area contributed by atoms with Gasteiger partial charge in [0.05, 0.1) is 18.1 Å². The van der Waals surface area contributed by atoms with E-state index in [1.807, 2.05) is 0 Å². The molecule has 1 unspecified atom stereocenters. The number of ether oxygens (including phenoxy) is 1. The molecule has 1 atom stereocenters. The van der Waals surface area contributed by atoms with E-state index in [0.717, 1.165) is 25.9 Å². The quantitative estimate of drug-likeness (QED) is 0.762. The van der Waals surface area contributed by atoms with E-state index < -0.39 is 10.0 Å². The van der Waals surface area contributed by atoms with Crippen LogP contribution in [-0.2, 0) is 14.8 Å². The molecular weight excluding hydrogens is 342 g/mol. The summed E-state index contributed by atoms with van der Waals surface area (Å²) in [5.41, 5.74) is 0.374. The Balaban J connectivity index is 1.62. The lowest BCUT2D eigenvalue weighted by Gasteiger charge is -2.26. The highest BCUT2D eigenvalue weighted by Gasteiger charge is 2.26. The van der Waals surface area contributed by atoms with E-state index in [1.165, 1.54) is 16.4 Å². The Hall–Kier alpha value is -1.48. The summed E-state index contributed by atoms with van der Waals surface area (Å²) in [6, 6.07) is 6.25. The minimum absolute atomic E-state index is 0.155. The van der Waals surface area contributed by atoms with Crippen molar-refractivity contribution in [3.05, 3.63) is 29.8 Å². The predicted octanol–water partition coefficient (Wildman–Crippen LogP) is 0.437. The molecule has 0 aromatic heterocycles. The lowest BCUT2D eigenvalue weighted by molar-refractivity contribution is 0.0730. The molecule has 1 amide bonds. The second-order valence-corrected chi connectivity index (χ2v) is 8.39. The molecule has 2 aliphatic heterocycles. The summed E-state index contributed by atoms with van der Waals surface area (Å²) in [6.45, 7) is 4.13. The number of amides is 1. The number of hydrogen-bond donors (Lipinski definition) is 2. The Morgan fingerprint density at radius 2 is 2.12 bits per heavy atom. The van der Waals surface area contributed by atoms with Crippen LogP contribution in [0.3, 0.4) is 0 Å². The number of nitrogens with zero attached hydrogens (tertiary/aromatic N) is 1. The number of carbonyl (C=O) groups is 1. The Bertz CT molecular complexity index is 696. The van der Waals surface area contributed by atoms with E-state index in [0.29, 0.717) is 44.3 Å². The average Bonchev–Trinajstić information content (AvgIpc) is 3.16. The molecule has 2 heterocycles. The lowest BCUT2D eigenvalue weighted by Crippen LogP contribution is -2.40. The first-order chi connectivity index (χ1) is 12.1. The van der Waals surface area contributed by atoms with Gasteiger partial charge in [0.25, 0.3) is 5.91 Å². The Labute approximate surface area is 148 Å². The summed E-state index contributed by atoms with van der Waals surface area (Å²) in [4.78, 5) is 12.5. The van der Waals surface area contributed by atoms with Gasteiger partial charge in [-0.2, -0.15) is 4.31 Å². The van der Waals surface area contributed by atoms with Crippen LogP contribution < -0.4 is 10.6 Å². The van der Waals surface area contributed by atoms with Crippen LogP contribution in [0.4, 0.5) is 0 Å². The first kappa shape index (κ1) is 18.3. The molecular formula is C17H25N3O4S. The molecule has 3 rings (SSSR count). The van der Waals surface area contributed by atoms with E-state index in [4.69, 9.17) is 4.74 Å². The van der Waals surface area contributed by atoms with Crippen LogP contribution in [0, 0.1) is 5.92 Å². The van der Waals surface area contributed by atoms with Gasteiger partial charge in [0.1, 0.15) is 0 Å². The standard InChI is InChI=1S/C17H25N3O4S/c21-17(19-7-5-14-4-6-18-13-14)15-2-1-3-16(12-15)25(22,23)20-8-10-24-11-9-20/h1-3,12,14,18H,4-11,13H2,(H,19,21). The normalized spacial score (nSPS) is 22.0. The van der Waals surface area contributed by atoms with Crippen molar-refractivity contribution in [2.45, 2.75) is 17.7 Å². The molecule has 0 radical (unpaired) electrons. The summed E-state index contributed by atoms with van der Waals surface area (Å²) in [6.07, 6.45) is 2.08. The fraction of sp³-hybridized carbons (Fsp3) is 0.588.